The molecule has 0 spiro atoms. The maximum atomic E-state index is 11.1. The lowest BCUT2D eigenvalue weighted by Gasteiger charge is -2.34. The van der Waals surface area contributed by atoms with E-state index in [1.165, 1.54) is 0 Å². The van der Waals surface area contributed by atoms with Gasteiger partial charge < -0.3 is 9.84 Å². The van der Waals surface area contributed by atoms with Gasteiger partial charge in [-0.05, 0) is 24.1 Å². The molecule has 1 aliphatic rings. The molecular weight excluding hydrogens is 310 g/mol. The zero-order valence-corrected chi connectivity index (χ0v) is 12.5. The molecule has 5 heteroatoms. The molecule has 0 saturated carbocycles. The van der Waals surface area contributed by atoms with E-state index in [1.807, 2.05) is 25.1 Å². The second kappa shape index (κ2) is 6.50. The minimum absolute atomic E-state index is 0.101. The molecule has 104 valence electrons. The van der Waals surface area contributed by atoms with Crippen LogP contribution in [0.4, 0.5) is 0 Å². The van der Waals surface area contributed by atoms with Gasteiger partial charge in [0.15, 0.2) is 0 Å². The van der Waals surface area contributed by atoms with E-state index in [-0.39, 0.29) is 12.5 Å². The zero-order valence-electron chi connectivity index (χ0n) is 10.9. The standard InChI is InChI=1S/C14H18BrNO3/c1-10-2-3-11(12(15)8-10)13(9-14(17)18)16-4-6-19-7-5-16/h2-3,8,13H,4-7,9H2,1H3,(H,17,18). The second-order valence-corrected chi connectivity index (χ2v) is 5.64. The number of carboxylic acids is 1. The van der Waals surface area contributed by atoms with Crippen molar-refractivity contribution in [2.45, 2.75) is 19.4 Å². The van der Waals surface area contributed by atoms with Crippen LogP contribution in [0.3, 0.4) is 0 Å². The van der Waals surface area contributed by atoms with E-state index in [4.69, 9.17) is 9.84 Å². The topological polar surface area (TPSA) is 49.8 Å². The molecule has 1 atom stereocenters. The minimum atomic E-state index is -0.774. The first-order valence-corrected chi connectivity index (χ1v) is 7.17. The molecule has 0 radical (unpaired) electrons. The van der Waals surface area contributed by atoms with E-state index in [0.717, 1.165) is 28.7 Å². The van der Waals surface area contributed by atoms with Crippen LogP contribution in [-0.4, -0.2) is 42.3 Å². The first-order valence-electron chi connectivity index (χ1n) is 6.37. The number of halogens is 1. The fourth-order valence-corrected chi connectivity index (χ4v) is 3.15. The Bertz CT molecular complexity index is 458. The summed E-state index contributed by atoms with van der Waals surface area (Å²) in [6.45, 7) is 4.91. The van der Waals surface area contributed by atoms with Gasteiger partial charge in [0.1, 0.15) is 0 Å². The number of nitrogens with zero attached hydrogens (tertiary/aromatic N) is 1. The predicted octanol–water partition coefficient (Wildman–Crippen LogP) is 2.61. The van der Waals surface area contributed by atoms with Gasteiger partial charge in [0.05, 0.1) is 19.6 Å². The number of ether oxygens (including phenoxy) is 1. The van der Waals surface area contributed by atoms with Crippen LogP contribution in [0.25, 0.3) is 0 Å². The van der Waals surface area contributed by atoms with E-state index in [2.05, 4.69) is 20.8 Å². The number of hydrogen-bond donors (Lipinski definition) is 1. The van der Waals surface area contributed by atoms with Crippen molar-refractivity contribution in [2.75, 3.05) is 26.3 Å². The van der Waals surface area contributed by atoms with Crippen LogP contribution in [0, 0.1) is 6.92 Å². The summed E-state index contributed by atoms with van der Waals surface area (Å²) in [5.41, 5.74) is 2.20. The summed E-state index contributed by atoms with van der Waals surface area (Å²) in [5.74, 6) is -0.774. The molecule has 1 aromatic carbocycles. The predicted molar refractivity (Wildman–Crippen MR) is 76.3 cm³/mol. The van der Waals surface area contributed by atoms with Crippen LogP contribution < -0.4 is 0 Å². The van der Waals surface area contributed by atoms with Crippen molar-refractivity contribution in [3.8, 4) is 0 Å². The molecule has 0 bridgehead atoms. The molecule has 1 aromatic rings. The van der Waals surface area contributed by atoms with Crippen molar-refractivity contribution in [3.63, 3.8) is 0 Å². The molecular formula is C14H18BrNO3. The molecule has 1 fully saturated rings. The van der Waals surface area contributed by atoms with E-state index >= 15 is 0 Å². The largest absolute Gasteiger partial charge is 0.481 e. The summed E-state index contributed by atoms with van der Waals surface area (Å²) in [5, 5.41) is 9.15. The number of carboxylic acid groups (broad SMARTS) is 1. The van der Waals surface area contributed by atoms with Crippen LogP contribution >= 0.6 is 15.9 Å². The number of rotatable bonds is 4. The molecule has 19 heavy (non-hydrogen) atoms. The smallest absolute Gasteiger partial charge is 0.305 e. The normalized spacial score (nSPS) is 18.2. The number of carbonyl (C=O) groups is 1. The lowest BCUT2D eigenvalue weighted by molar-refractivity contribution is -0.139. The van der Waals surface area contributed by atoms with Crippen LogP contribution in [0.5, 0.6) is 0 Å². The van der Waals surface area contributed by atoms with Gasteiger partial charge in [0, 0.05) is 23.6 Å². The van der Waals surface area contributed by atoms with Gasteiger partial charge in [-0.15, -0.1) is 0 Å². The number of benzene rings is 1. The Balaban J connectivity index is 2.27. The Morgan fingerprint density at radius 1 is 1.47 bits per heavy atom. The third kappa shape index (κ3) is 3.78. The van der Waals surface area contributed by atoms with Gasteiger partial charge in [-0.2, -0.15) is 0 Å². The summed E-state index contributed by atoms with van der Waals surface area (Å²) in [6.07, 6.45) is 0.113. The second-order valence-electron chi connectivity index (χ2n) is 4.79. The van der Waals surface area contributed by atoms with E-state index in [1.54, 1.807) is 0 Å². The van der Waals surface area contributed by atoms with Crippen molar-refractivity contribution < 1.29 is 14.6 Å². The highest BCUT2D eigenvalue weighted by Crippen LogP contribution is 2.31. The Morgan fingerprint density at radius 3 is 2.74 bits per heavy atom. The minimum Gasteiger partial charge on any atom is -0.481 e. The highest BCUT2D eigenvalue weighted by molar-refractivity contribution is 9.10. The van der Waals surface area contributed by atoms with Gasteiger partial charge in [0.25, 0.3) is 0 Å². The molecule has 1 heterocycles. The van der Waals surface area contributed by atoms with Gasteiger partial charge in [-0.25, -0.2) is 0 Å². The molecule has 1 aliphatic heterocycles. The Hall–Kier alpha value is -0.910. The van der Waals surface area contributed by atoms with Crippen molar-refractivity contribution >= 4 is 21.9 Å². The number of aliphatic carboxylic acids is 1. The molecule has 4 nitrogen and oxygen atoms in total. The summed E-state index contributed by atoms with van der Waals surface area (Å²) in [7, 11) is 0. The Kier molecular flexibility index (Phi) is 4.96. The van der Waals surface area contributed by atoms with Crippen molar-refractivity contribution in [2.24, 2.45) is 0 Å². The average molecular weight is 328 g/mol. The fraction of sp³-hybridized carbons (Fsp3) is 0.500. The number of hydrogen-bond acceptors (Lipinski definition) is 3. The van der Waals surface area contributed by atoms with Crippen molar-refractivity contribution in [3.05, 3.63) is 33.8 Å². The van der Waals surface area contributed by atoms with Crippen LogP contribution in [0.2, 0.25) is 0 Å². The van der Waals surface area contributed by atoms with Crippen molar-refractivity contribution in [1.82, 2.24) is 4.90 Å². The molecule has 2 rings (SSSR count). The molecule has 1 saturated heterocycles. The van der Waals surface area contributed by atoms with E-state index < -0.39 is 5.97 Å². The average Bonchev–Trinajstić information content (AvgIpc) is 2.37. The van der Waals surface area contributed by atoms with Gasteiger partial charge in [-0.3, -0.25) is 9.69 Å². The van der Waals surface area contributed by atoms with Crippen LogP contribution in [0.1, 0.15) is 23.6 Å². The summed E-state index contributed by atoms with van der Waals surface area (Å²) >= 11 is 3.55. The quantitative estimate of drug-likeness (QED) is 0.923. The zero-order chi connectivity index (χ0) is 13.8. The van der Waals surface area contributed by atoms with Gasteiger partial charge in [0.2, 0.25) is 0 Å². The summed E-state index contributed by atoms with van der Waals surface area (Å²) < 4.78 is 6.32. The van der Waals surface area contributed by atoms with Crippen LogP contribution in [-0.2, 0) is 9.53 Å². The number of aryl methyl sites for hydroxylation is 1. The lowest BCUT2D eigenvalue weighted by Crippen LogP contribution is -2.40. The summed E-state index contributed by atoms with van der Waals surface area (Å²) in [4.78, 5) is 13.3. The van der Waals surface area contributed by atoms with Crippen LogP contribution in [0.15, 0.2) is 22.7 Å². The molecule has 0 amide bonds. The first-order chi connectivity index (χ1) is 9.08. The van der Waals surface area contributed by atoms with E-state index in [9.17, 15) is 4.79 Å². The fourth-order valence-electron chi connectivity index (χ4n) is 2.39. The monoisotopic (exact) mass is 327 g/mol. The molecule has 0 aromatic heterocycles. The van der Waals surface area contributed by atoms with Gasteiger partial charge in [-0.1, -0.05) is 28.1 Å². The van der Waals surface area contributed by atoms with Gasteiger partial charge >= 0.3 is 5.97 Å². The SMILES string of the molecule is Cc1ccc(C(CC(=O)O)N2CCOCC2)c(Br)c1. The number of morpholine rings is 1. The molecule has 0 aliphatic carbocycles. The maximum Gasteiger partial charge on any atom is 0.305 e. The highest BCUT2D eigenvalue weighted by atomic mass is 79.9. The first kappa shape index (κ1) is 14.5. The highest BCUT2D eigenvalue weighted by Gasteiger charge is 2.26. The van der Waals surface area contributed by atoms with Crippen molar-refractivity contribution in [1.29, 1.82) is 0 Å². The lowest BCUT2D eigenvalue weighted by atomic mass is 10.0. The van der Waals surface area contributed by atoms with E-state index in [0.29, 0.717) is 13.2 Å². The Labute approximate surface area is 121 Å². The molecule has 1 N–H and O–H groups in total. The third-order valence-electron chi connectivity index (χ3n) is 3.37. The third-order valence-corrected chi connectivity index (χ3v) is 4.06. The Morgan fingerprint density at radius 2 is 2.16 bits per heavy atom. The maximum absolute atomic E-state index is 11.1. The summed E-state index contributed by atoms with van der Waals surface area (Å²) in [6, 6.07) is 5.97. The molecule has 1 unspecified atom stereocenters.